The molecule has 1 rings (SSSR count). The van der Waals surface area contributed by atoms with E-state index in [9.17, 15) is 9.18 Å². The van der Waals surface area contributed by atoms with E-state index in [-0.39, 0.29) is 18.1 Å². The predicted molar refractivity (Wildman–Crippen MR) is 64.4 cm³/mol. The van der Waals surface area contributed by atoms with Crippen molar-refractivity contribution in [1.29, 1.82) is 0 Å². The smallest absolute Gasteiger partial charge is 0.360 e. The largest absolute Gasteiger partial charge is 0.461 e. The zero-order valence-corrected chi connectivity index (χ0v) is 9.63. The van der Waals surface area contributed by atoms with Gasteiger partial charge >= 0.3 is 5.97 Å². The molecule has 0 amide bonds. The lowest BCUT2D eigenvalue weighted by Gasteiger charge is -2.03. The fourth-order valence-electron chi connectivity index (χ4n) is 1.04. The normalized spacial score (nSPS) is 11.6. The van der Waals surface area contributed by atoms with Gasteiger partial charge in [0.1, 0.15) is 12.0 Å². The predicted octanol–water partition coefficient (Wildman–Crippen LogP) is 1.62. The van der Waals surface area contributed by atoms with Gasteiger partial charge in [0.25, 0.3) is 0 Å². The standard InChI is InChI=1S/C11H12FN3O3/c1-2-18-11(16)10(7-13-17)15-14-9-5-3-8(12)4-6-9/h3-7,14,17H,2H2,1H3/b13-7+,15-10+. The first-order valence-electron chi connectivity index (χ1n) is 5.11. The van der Waals surface area contributed by atoms with Crippen molar-refractivity contribution in [2.24, 2.45) is 10.3 Å². The fraction of sp³-hybridized carbons (Fsp3) is 0.182. The third-order valence-corrected chi connectivity index (χ3v) is 1.81. The molecule has 2 N–H and O–H groups in total. The Kier molecular flexibility index (Phi) is 5.30. The van der Waals surface area contributed by atoms with Gasteiger partial charge in [-0.3, -0.25) is 5.43 Å². The van der Waals surface area contributed by atoms with E-state index in [1.165, 1.54) is 24.3 Å². The second-order valence-corrected chi connectivity index (χ2v) is 3.08. The SMILES string of the molecule is CCOC(=O)C(/C=N/O)=N/Nc1ccc(F)cc1. The summed E-state index contributed by atoms with van der Waals surface area (Å²) in [5.74, 6) is -1.11. The molecule has 7 heteroatoms. The topological polar surface area (TPSA) is 83.3 Å². The van der Waals surface area contributed by atoms with Gasteiger partial charge in [0.2, 0.25) is 0 Å². The van der Waals surface area contributed by atoms with Crippen LogP contribution < -0.4 is 5.43 Å². The highest BCUT2D eigenvalue weighted by atomic mass is 19.1. The summed E-state index contributed by atoms with van der Waals surface area (Å²) in [4.78, 5) is 11.4. The van der Waals surface area contributed by atoms with Crippen molar-refractivity contribution in [2.75, 3.05) is 12.0 Å². The molecule has 0 spiro atoms. The van der Waals surface area contributed by atoms with Gasteiger partial charge in [-0.15, -0.1) is 0 Å². The Morgan fingerprint density at radius 3 is 2.72 bits per heavy atom. The van der Waals surface area contributed by atoms with Gasteiger partial charge < -0.3 is 9.94 Å². The molecule has 18 heavy (non-hydrogen) atoms. The van der Waals surface area contributed by atoms with Crippen LogP contribution in [0.5, 0.6) is 0 Å². The summed E-state index contributed by atoms with van der Waals surface area (Å²) in [6.07, 6.45) is 0.842. The minimum Gasteiger partial charge on any atom is -0.461 e. The molecular weight excluding hydrogens is 241 g/mol. The highest BCUT2D eigenvalue weighted by Crippen LogP contribution is 2.07. The summed E-state index contributed by atoms with van der Waals surface area (Å²) in [5.41, 5.74) is 2.79. The average molecular weight is 253 g/mol. The van der Waals surface area contributed by atoms with Gasteiger partial charge in [0, 0.05) is 0 Å². The van der Waals surface area contributed by atoms with E-state index in [0.717, 1.165) is 6.21 Å². The van der Waals surface area contributed by atoms with E-state index in [4.69, 9.17) is 9.94 Å². The van der Waals surface area contributed by atoms with E-state index in [2.05, 4.69) is 15.7 Å². The van der Waals surface area contributed by atoms with E-state index < -0.39 is 5.97 Å². The minimum atomic E-state index is -0.732. The van der Waals surface area contributed by atoms with Crippen molar-refractivity contribution in [3.8, 4) is 0 Å². The first-order chi connectivity index (χ1) is 8.67. The monoisotopic (exact) mass is 253 g/mol. The van der Waals surface area contributed by atoms with Gasteiger partial charge in [-0.1, -0.05) is 5.16 Å². The fourth-order valence-corrected chi connectivity index (χ4v) is 1.04. The number of nitrogens with zero attached hydrogens (tertiary/aromatic N) is 2. The molecule has 0 saturated carbocycles. The first-order valence-corrected chi connectivity index (χ1v) is 5.11. The van der Waals surface area contributed by atoms with E-state index in [1.807, 2.05) is 0 Å². The lowest BCUT2D eigenvalue weighted by Crippen LogP contribution is -2.20. The molecule has 0 heterocycles. The van der Waals surface area contributed by atoms with E-state index in [1.54, 1.807) is 6.92 Å². The van der Waals surface area contributed by atoms with Crippen LogP contribution in [0.3, 0.4) is 0 Å². The van der Waals surface area contributed by atoms with Crippen molar-refractivity contribution in [2.45, 2.75) is 6.92 Å². The van der Waals surface area contributed by atoms with Gasteiger partial charge in [-0.05, 0) is 31.2 Å². The Morgan fingerprint density at radius 2 is 2.17 bits per heavy atom. The molecule has 96 valence electrons. The third kappa shape index (κ3) is 4.20. The summed E-state index contributed by atoms with van der Waals surface area (Å²) in [7, 11) is 0. The molecule has 0 atom stereocenters. The summed E-state index contributed by atoms with van der Waals surface area (Å²) in [6.45, 7) is 1.81. The molecule has 0 aliphatic carbocycles. The number of halogens is 1. The first kappa shape index (κ1) is 13.6. The zero-order chi connectivity index (χ0) is 13.4. The van der Waals surface area contributed by atoms with Crippen molar-refractivity contribution in [1.82, 2.24) is 0 Å². The summed E-state index contributed by atoms with van der Waals surface area (Å²) in [6, 6.07) is 5.36. The van der Waals surface area contributed by atoms with Crippen LogP contribution in [0.2, 0.25) is 0 Å². The minimum absolute atomic E-state index is 0.174. The average Bonchev–Trinajstić information content (AvgIpc) is 2.36. The lowest BCUT2D eigenvalue weighted by atomic mass is 10.3. The number of hydrogen-bond acceptors (Lipinski definition) is 6. The van der Waals surface area contributed by atoms with E-state index >= 15 is 0 Å². The van der Waals surface area contributed by atoms with Crippen LogP contribution >= 0.6 is 0 Å². The van der Waals surface area contributed by atoms with Crippen LogP contribution in [0.25, 0.3) is 0 Å². The molecular formula is C11H12FN3O3. The number of anilines is 1. The van der Waals surface area contributed by atoms with Crippen molar-refractivity contribution in [3.05, 3.63) is 30.1 Å². The number of nitrogens with one attached hydrogen (secondary N) is 1. The highest BCUT2D eigenvalue weighted by Gasteiger charge is 2.10. The van der Waals surface area contributed by atoms with Crippen LogP contribution in [-0.2, 0) is 9.53 Å². The summed E-state index contributed by atoms with van der Waals surface area (Å²) in [5, 5.41) is 14.8. The zero-order valence-electron chi connectivity index (χ0n) is 9.63. The number of carbonyl (C=O) groups is 1. The molecule has 1 aromatic carbocycles. The Morgan fingerprint density at radius 1 is 1.50 bits per heavy atom. The third-order valence-electron chi connectivity index (χ3n) is 1.81. The molecule has 0 unspecified atom stereocenters. The molecule has 6 nitrogen and oxygen atoms in total. The second kappa shape index (κ2) is 7.00. The number of carbonyl (C=O) groups excluding carboxylic acids is 1. The quantitative estimate of drug-likeness (QED) is 0.361. The molecule has 0 saturated heterocycles. The number of hydrogen-bond donors (Lipinski definition) is 2. The number of esters is 1. The Labute approximate surface area is 103 Å². The molecule has 1 aromatic rings. The van der Waals surface area contributed by atoms with Crippen LogP contribution in [0, 0.1) is 5.82 Å². The molecule has 0 aliphatic heterocycles. The van der Waals surface area contributed by atoms with Crippen LogP contribution in [-0.4, -0.2) is 29.7 Å². The van der Waals surface area contributed by atoms with Gasteiger partial charge in [-0.25, -0.2) is 9.18 Å². The van der Waals surface area contributed by atoms with Crippen molar-refractivity contribution in [3.63, 3.8) is 0 Å². The second-order valence-electron chi connectivity index (χ2n) is 3.08. The number of benzene rings is 1. The molecule has 0 bridgehead atoms. The number of rotatable bonds is 5. The Balaban J connectivity index is 2.77. The number of hydrazone groups is 1. The van der Waals surface area contributed by atoms with Crippen LogP contribution in [0.1, 0.15) is 6.92 Å². The summed E-state index contributed by atoms with van der Waals surface area (Å²) >= 11 is 0. The lowest BCUT2D eigenvalue weighted by molar-refractivity contribution is -0.134. The van der Waals surface area contributed by atoms with Crippen molar-refractivity contribution < 1.29 is 19.1 Å². The Hall–Kier alpha value is -2.44. The number of ether oxygens (including phenoxy) is 1. The molecule has 0 aromatic heterocycles. The Bertz CT molecular complexity index is 457. The van der Waals surface area contributed by atoms with Crippen molar-refractivity contribution >= 4 is 23.6 Å². The van der Waals surface area contributed by atoms with Gasteiger partial charge in [0.05, 0.1) is 12.3 Å². The number of oxime groups is 1. The maximum atomic E-state index is 12.6. The maximum Gasteiger partial charge on any atom is 0.360 e. The van der Waals surface area contributed by atoms with Crippen LogP contribution in [0.4, 0.5) is 10.1 Å². The summed E-state index contributed by atoms with van der Waals surface area (Å²) < 4.78 is 17.3. The molecule has 0 radical (unpaired) electrons. The van der Waals surface area contributed by atoms with Crippen LogP contribution in [0.15, 0.2) is 34.5 Å². The van der Waals surface area contributed by atoms with Gasteiger partial charge in [-0.2, -0.15) is 5.10 Å². The highest BCUT2D eigenvalue weighted by molar-refractivity contribution is 6.59. The molecule has 0 fully saturated rings. The maximum absolute atomic E-state index is 12.6. The van der Waals surface area contributed by atoms with E-state index in [0.29, 0.717) is 5.69 Å². The molecule has 0 aliphatic rings. The van der Waals surface area contributed by atoms with Gasteiger partial charge in [0.15, 0.2) is 5.71 Å².